The number of nitrogens with one attached hydrogen (secondary N) is 1. The van der Waals surface area contributed by atoms with Crippen LogP contribution in [0.15, 0.2) is 48.5 Å². The van der Waals surface area contributed by atoms with E-state index >= 15 is 0 Å². The van der Waals surface area contributed by atoms with Crippen LogP contribution in [0.4, 0.5) is 5.69 Å². The summed E-state index contributed by atoms with van der Waals surface area (Å²) in [6.07, 6.45) is 6.87. The number of esters is 1. The average Bonchev–Trinajstić information content (AvgIpc) is 2.92. The number of ether oxygens (including phenoxy) is 2. The van der Waals surface area contributed by atoms with Gasteiger partial charge in [0, 0.05) is 5.69 Å². The fraction of sp³-hybridized carbons (Fsp3) is 0.517. The predicted octanol–water partition coefficient (Wildman–Crippen LogP) is 6.32. The molecule has 192 valence electrons. The maximum absolute atomic E-state index is 12.9. The Morgan fingerprint density at radius 1 is 0.914 bits per heavy atom. The minimum absolute atomic E-state index is 0.0394. The van der Waals surface area contributed by atoms with Gasteiger partial charge in [-0.15, -0.1) is 0 Å². The molecule has 6 heteroatoms. The molecular formula is C29H43N2O4+. The molecule has 0 radical (unpaired) electrons. The third-order valence-electron chi connectivity index (χ3n) is 6.12. The molecule has 0 bridgehead atoms. The number of nitrogens with zero attached hydrogens (tertiary/aromatic N) is 1. The maximum Gasteiger partial charge on any atom is 0.338 e. The normalized spacial score (nSPS) is 13.7. The van der Waals surface area contributed by atoms with Crippen molar-refractivity contribution in [3.63, 3.8) is 0 Å². The number of anilines is 1. The number of unbranched alkanes of at least 4 members (excludes halogenated alkanes) is 5. The van der Waals surface area contributed by atoms with Gasteiger partial charge < -0.3 is 19.3 Å². The number of quaternary nitrogens is 1. The van der Waals surface area contributed by atoms with Crippen LogP contribution in [0.5, 0.6) is 5.75 Å². The fourth-order valence-electron chi connectivity index (χ4n) is 3.35. The monoisotopic (exact) mass is 487 g/mol. The number of hydrogen-bond acceptors (Lipinski definition) is 4. The Labute approximate surface area is 216 Å². The first-order valence-electron chi connectivity index (χ1n) is 14.6. The van der Waals surface area contributed by atoms with Crippen molar-refractivity contribution in [2.45, 2.75) is 59.3 Å². The molecule has 0 saturated heterocycles. The molecule has 0 aliphatic carbocycles. The Kier molecular flexibility index (Phi) is 9.81. The Bertz CT molecular complexity index is 1070. The molecule has 0 aromatic heterocycles. The number of amides is 1. The van der Waals surface area contributed by atoms with Crippen LogP contribution in [0, 0.1) is 0 Å². The lowest BCUT2D eigenvalue weighted by Gasteiger charge is -2.31. The van der Waals surface area contributed by atoms with Crippen LogP contribution in [0.1, 0.15) is 85.5 Å². The number of carbonyl (C=O) groups excluding carboxylic acids is 2. The van der Waals surface area contributed by atoms with Gasteiger partial charge in [-0.05, 0) is 56.7 Å². The minimum Gasteiger partial charge on any atom is -0.493 e. The smallest absolute Gasteiger partial charge is 0.338 e. The van der Waals surface area contributed by atoms with Gasteiger partial charge in [0.15, 0.2) is 0 Å². The number of benzene rings is 2. The highest BCUT2D eigenvalue weighted by Gasteiger charge is 2.18. The van der Waals surface area contributed by atoms with Gasteiger partial charge >= 0.3 is 5.97 Å². The van der Waals surface area contributed by atoms with Crippen LogP contribution < -0.4 is 10.1 Å². The summed E-state index contributed by atoms with van der Waals surface area (Å²) in [7, 11) is 1.58. The molecule has 1 amide bonds. The van der Waals surface area contributed by atoms with E-state index in [2.05, 4.69) is 12.2 Å². The zero-order valence-electron chi connectivity index (χ0n) is 25.6. The molecule has 0 aliphatic rings. The Morgan fingerprint density at radius 3 is 2.26 bits per heavy atom. The SMILES string of the molecule is [2H]C([2H])(OC(=O)c1ccc(NC(=O)c2ccccc2OCCCCCCCC)cc1)C([2H])([2H])[N+](C)(CC)CC. The van der Waals surface area contributed by atoms with E-state index in [1.807, 2.05) is 6.07 Å². The van der Waals surface area contributed by atoms with Crippen molar-refractivity contribution >= 4 is 17.6 Å². The summed E-state index contributed by atoms with van der Waals surface area (Å²) in [6.45, 7) is 1.55. The molecular weight excluding hydrogens is 440 g/mol. The van der Waals surface area contributed by atoms with Gasteiger partial charge in [-0.25, -0.2) is 4.79 Å². The van der Waals surface area contributed by atoms with E-state index in [4.69, 9.17) is 15.0 Å². The van der Waals surface area contributed by atoms with E-state index in [1.54, 1.807) is 39.1 Å². The van der Waals surface area contributed by atoms with E-state index in [0.717, 1.165) is 12.8 Å². The molecule has 2 aromatic carbocycles. The topological polar surface area (TPSA) is 64.6 Å². The van der Waals surface area contributed by atoms with Crippen molar-refractivity contribution in [3.8, 4) is 5.75 Å². The second kappa shape index (κ2) is 15.2. The highest BCUT2D eigenvalue weighted by Crippen LogP contribution is 2.21. The molecule has 0 atom stereocenters. The Hall–Kier alpha value is -2.86. The van der Waals surface area contributed by atoms with Gasteiger partial charge in [0.1, 0.15) is 18.8 Å². The Balaban J connectivity index is 2.01. The summed E-state index contributed by atoms with van der Waals surface area (Å²) in [5, 5.41) is 2.79. The van der Waals surface area contributed by atoms with Crippen LogP contribution in [0.3, 0.4) is 0 Å². The standard InChI is InChI=1S/C29H42N2O4/c1-5-8-9-10-11-14-22-34-27-16-13-12-15-26(27)28(32)30-25-19-17-24(18-20-25)29(33)35-23-21-31(4,6-2)7-3/h12-13,15-20H,5-11,14,21-23H2,1-4H3/p+1/i21D2,23D2. The molecule has 2 rings (SSSR count). The van der Waals surface area contributed by atoms with E-state index in [0.29, 0.717) is 36.7 Å². The van der Waals surface area contributed by atoms with Gasteiger partial charge in [-0.1, -0.05) is 51.2 Å². The Morgan fingerprint density at radius 2 is 1.57 bits per heavy atom. The zero-order valence-corrected chi connectivity index (χ0v) is 21.6. The molecule has 6 nitrogen and oxygen atoms in total. The van der Waals surface area contributed by atoms with Crippen molar-refractivity contribution in [2.75, 3.05) is 45.1 Å². The molecule has 0 aliphatic heterocycles. The summed E-state index contributed by atoms with van der Waals surface area (Å²) < 4.78 is 43.7. The molecule has 0 fully saturated rings. The number of para-hydroxylation sites is 1. The van der Waals surface area contributed by atoms with Gasteiger partial charge in [0.05, 0.1) is 43.4 Å². The van der Waals surface area contributed by atoms with Gasteiger partial charge in [-0.3, -0.25) is 4.79 Å². The number of hydrogen-bond donors (Lipinski definition) is 1. The maximum atomic E-state index is 12.9. The van der Waals surface area contributed by atoms with Crippen LogP contribution in [-0.4, -0.2) is 56.2 Å². The van der Waals surface area contributed by atoms with E-state index in [-0.39, 0.29) is 16.0 Å². The van der Waals surface area contributed by atoms with E-state index in [9.17, 15) is 9.59 Å². The van der Waals surface area contributed by atoms with Gasteiger partial charge in [0.2, 0.25) is 0 Å². The summed E-state index contributed by atoms with van der Waals surface area (Å²) in [4.78, 5) is 25.6. The van der Waals surface area contributed by atoms with Crippen molar-refractivity contribution < 1.29 is 29.0 Å². The first kappa shape index (κ1) is 22.6. The molecule has 0 saturated carbocycles. The highest BCUT2D eigenvalue weighted by atomic mass is 16.5. The molecule has 0 heterocycles. The second-order valence-corrected chi connectivity index (χ2v) is 8.78. The predicted molar refractivity (Wildman–Crippen MR) is 142 cm³/mol. The molecule has 1 N–H and O–H groups in total. The largest absolute Gasteiger partial charge is 0.493 e. The minimum atomic E-state index is -2.86. The van der Waals surface area contributed by atoms with Crippen LogP contribution >= 0.6 is 0 Å². The van der Waals surface area contributed by atoms with Crippen LogP contribution in [0.2, 0.25) is 0 Å². The lowest BCUT2D eigenvalue weighted by atomic mass is 10.1. The average molecular weight is 488 g/mol. The van der Waals surface area contributed by atoms with Crippen LogP contribution in [0.25, 0.3) is 0 Å². The number of likely N-dealkylation sites (N-methyl/N-ethyl adjacent to an activating group) is 1. The van der Waals surface area contributed by atoms with E-state index in [1.165, 1.54) is 49.9 Å². The summed E-state index contributed by atoms with van der Waals surface area (Å²) in [5.74, 6) is -0.844. The molecule has 35 heavy (non-hydrogen) atoms. The first-order valence-corrected chi connectivity index (χ1v) is 12.6. The van der Waals surface area contributed by atoms with Crippen molar-refractivity contribution in [3.05, 3.63) is 59.7 Å². The quantitative estimate of drug-likeness (QED) is 0.171. The number of rotatable bonds is 16. The fourth-order valence-corrected chi connectivity index (χ4v) is 3.35. The van der Waals surface area contributed by atoms with Gasteiger partial charge in [-0.2, -0.15) is 0 Å². The second-order valence-electron chi connectivity index (χ2n) is 8.78. The molecule has 0 spiro atoms. The number of carbonyl (C=O) groups is 2. The summed E-state index contributed by atoms with van der Waals surface area (Å²) >= 11 is 0. The summed E-state index contributed by atoms with van der Waals surface area (Å²) in [6, 6.07) is 12.9. The van der Waals surface area contributed by atoms with Crippen molar-refractivity contribution in [1.82, 2.24) is 0 Å². The van der Waals surface area contributed by atoms with E-state index < -0.39 is 19.0 Å². The lowest BCUT2D eigenvalue weighted by molar-refractivity contribution is -0.906. The van der Waals surface area contributed by atoms with Gasteiger partial charge in [0.25, 0.3) is 5.91 Å². The highest BCUT2D eigenvalue weighted by molar-refractivity contribution is 6.06. The van der Waals surface area contributed by atoms with Crippen molar-refractivity contribution in [1.29, 1.82) is 0 Å². The summed E-state index contributed by atoms with van der Waals surface area (Å²) in [5.41, 5.74) is 0.870. The lowest BCUT2D eigenvalue weighted by Crippen LogP contribution is -2.46. The van der Waals surface area contributed by atoms with Crippen LogP contribution in [-0.2, 0) is 4.74 Å². The first-order chi connectivity index (χ1) is 18.4. The molecule has 2 aromatic rings. The zero-order chi connectivity index (χ0) is 29.1. The third-order valence-corrected chi connectivity index (χ3v) is 6.12. The molecule has 0 unspecified atom stereocenters. The van der Waals surface area contributed by atoms with Crippen molar-refractivity contribution in [2.24, 2.45) is 0 Å². The third kappa shape index (κ3) is 9.73.